The summed E-state index contributed by atoms with van der Waals surface area (Å²) in [6.45, 7) is 4.06. The number of carbonyl (C=O) groups excluding carboxylic acids is 1. The van der Waals surface area contributed by atoms with Gasteiger partial charge in [0.2, 0.25) is 5.91 Å². The molecule has 0 aliphatic carbocycles. The molecule has 1 aromatic heterocycles. The van der Waals surface area contributed by atoms with Crippen molar-refractivity contribution in [1.82, 2.24) is 9.78 Å². The van der Waals surface area contributed by atoms with Gasteiger partial charge in [0.25, 0.3) is 0 Å². The molecule has 1 amide bonds. The number of benzene rings is 1. The fraction of sp³-hybridized carbons (Fsp3) is 0.333. The molecule has 2 heterocycles. The molecular weight excluding hydrogens is 254 g/mol. The molecule has 1 aliphatic heterocycles. The Kier molecular flexibility index (Phi) is 2.97. The summed E-state index contributed by atoms with van der Waals surface area (Å²) < 4.78 is 1.83. The van der Waals surface area contributed by atoms with Crippen molar-refractivity contribution in [1.29, 1.82) is 0 Å². The average Bonchev–Trinajstić information content (AvgIpc) is 2.82. The number of anilines is 1. The minimum absolute atomic E-state index is 0.00188. The lowest BCUT2D eigenvalue weighted by Gasteiger charge is -2.24. The number of rotatable bonds is 2. The number of aromatic hydroxyl groups is 1. The topological polar surface area (TPSA) is 67.2 Å². The van der Waals surface area contributed by atoms with Crippen LogP contribution in [-0.4, -0.2) is 20.8 Å². The SMILES string of the molecule is CC(C)n1ncc2c1NC(=O)C[C@H]2c1ccc(O)cc1. The van der Waals surface area contributed by atoms with Gasteiger partial charge in [-0.1, -0.05) is 12.1 Å². The molecule has 0 saturated heterocycles. The monoisotopic (exact) mass is 271 g/mol. The van der Waals surface area contributed by atoms with Crippen LogP contribution in [0.2, 0.25) is 0 Å². The zero-order valence-corrected chi connectivity index (χ0v) is 11.5. The highest BCUT2D eigenvalue weighted by Gasteiger charge is 2.30. The van der Waals surface area contributed by atoms with Crippen LogP contribution in [0.1, 0.15) is 43.4 Å². The molecule has 0 fully saturated rings. The molecule has 1 aromatic carbocycles. The number of nitrogens with one attached hydrogen (secondary N) is 1. The molecule has 3 rings (SSSR count). The summed E-state index contributed by atoms with van der Waals surface area (Å²) >= 11 is 0. The van der Waals surface area contributed by atoms with Gasteiger partial charge in [-0.2, -0.15) is 5.10 Å². The summed E-state index contributed by atoms with van der Waals surface area (Å²) in [6, 6.07) is 7.20. The molecule has 0 unspecified atom stereocenters. The Hall–Kier alpha value is -2.30. The lowest BCUT2D eigenvalue weighted by molar-refractivity contribution is -0.116. The summed E-state index contributed by atoms with van der Waals surface area (Å²) in [5.41, 5.74) is 2.05. The van der Waals surface area contributed by atoms with Crippen LogP contribution in [0.4, 0.5) is 5.82 Å². The first-order valence-electron chi connectivity index (χ1n) is 6.72. The van der Waals surface area contributed by atoms with E-state index in [1.807, 2.05) is 36.9 Å². The summed E-state index contributed by atoms with van der Waals surface area (Å²) in [5.74, 6) is 1.01. The summed E-state index contributed by atoms with van der Waals surface area (Å²) in [4.78, 5) is 11.9. The van der Waals surface area contributed by atoms with Crippen LogP contribution in [-0.2, 0) is 4.79 Å². The third-order valence-electron chi connectivity index (χ3n) is 3.63. The number of carbonyl (C=O) groups is 1. The zero-order valence-electron chi connectivity index (χ0n) is 11.5. The van der Waals surface area contributed by atoms with Gasteiger partial charge in [-0.3, -0.25) is 4.79 Å². The van der Waals surface area contributed by atoms with Crippen molar-refractivity contribution in [2.75, 3.05) is 5.32 Å². The Bertz CT molecular complexity index is 644. The largest absolute Gasteiger partial charge is 0.508 e. The van der Waals surface area contributed by atoms with Gasteiger partial charge < -0.3 is 10.4 Å². The highest BCUT2D eigenvalue weighted by molar-refractivity contribution is 5.94. The maximum Gasteiger partial charge on any atom is 0.226 e. The van der Waals surface area contributed by atoms with E-state index in [1.54, 1.807) is 12.1 Å². The van der Waals surface area contributed by atoms with Gasteiger partial charge in [-0.05, 0) is 31.5 Å². The van der Waals surface area contributed by atoms with E-state index in [1.165, 1.54) is 0 Å². The maximum atomic E-state index is 11.9. The number of fused-ring (bicyclic) bond motifs is 1. The standard InChI is InChI=1S/C15H17N3O2/c1-9(2)18-15-13(8-16-18)12(7-14(20)17-15)10-3-5-11(19)6-4-10/h3-6,8-9,12,19H,7H2,1-2H3,(H,17,20)/t12-/m0/s1. The van der Waals surface area contributed by atoms with Crippen molar-refractivity contribution in [3.8, 4) is 5.75 Å². The van der Waals surface area contributed by atoms with E-state index in [2.05, 4.69) is 10.4 Å². The van der Waals surface area contributed by atoms with Crippen LogP contribution in [0, 0.1) is 0 Å². The zero-order chi connectivity index (χ0) is 14.3. The second-order valence-electron chi connectivity index (χ2n) is 5.38. The lowest BCUT2D eigenvalue weighted by Crippen LogP contribution is -2.25. The number of hydrogen-bond donors (Lipinski definition) is 2. The van der Waals surface area contributed by atoms with Crippen LogP contribution >= 0.6 is 0 Å². The maximum absolute atomic E-state index is 11.9. The first kappa shape index (κ1) is 12.7. The highest BCUT2D eigenvalue weighted by atomic mass is 16.3. The third-order valence-corrected chi connectivity index (χ3v) is 3.63. The Morgan fingerprint density at radius 1 is 1.35 bits per heavy atom. The molecule has 0 spiro atoms. The first-order valence-corrected chi connectivity index (χ1v) is 6.72. The van der Waals surface area contributed by atoms with E-state index in [9.17, 15) is 9.90 Å². The molecule has 2 aromatic rings. The van der Waals surface area contributed by atoms with Gasteiger partial charge in [0.1, 0.15) is 11.6 Å². The highest BCUT2D eigenvalue weighted by Crippen LogP contribution is 2.38. The van der Waals surface area contributed by atoms with Gasteiger partial charge in [-0.25, -0.2) is 4.68 Å². The fourth-order valence-corrected chi connectivity index (χ4v) is 2.63. The van der Waals surface area contributed by atoms with Crippen molar-refractivity contribution >= 4 is 11.7 Å². The van der Waals surface area contributed by atoms with E-state index < -0.39 is 0 Å². The van der Waals surface area contributed by atoms with Gasteiger partial charge in [0.05, 0.1) is 6.20 Å². The number of aromatic nitrogens is 2. The second kappa shape index (κ2) is 4.67. The Morgan fingerprint density at radius 3 is 2.70 bits per heavy atom. The average molecular weight is 271 g/mol. The normalized spacial score (nSPS) is 17.9. The summed E-state index contributed by atoms with van der Waals surface area (Å²) in [7, 11) is 0. The predicted molar refractivity (Wildman–Crippen MR) is 75.8 cm³/mol. The van der Waals surface area contributed by atoms with Crippen LogP contribution in [0.25, 0.3) is 0 Å². The Labute approximate surface area is 117 Å². The van der Waals surface area contributed by atoms with Gasteiger partial charge in [0.15, 0.2) is 0 Å². The van der Waals surface area contributed by atoms with Crippen LogP contribution < -0.4 is 5.32 Å². The van der Waals surface area contributed by atoms with Gasteiger partial charge in [-0.15, -0.1) is 0 Å². The summed E-state index contributed by atoms with van der Waals surface area (Å²) in [5, 5.41) is 16.7. The fourth-order valence-electron chi connectivity index (χ4n) is 2.63. The molecule has 0 radical (unpaired) electrons. The number of amides is 1. The minimum Gasteiger partial charge on any atom is -0.508 e. The van der Waals surface area contributed by atoms with E-state index in [0.717, 1.165) is 16.9 Å². The van der Waals surface area contributed by atoms with Crippen molar-refractivity contribution in [2.24, 2.45) is 0 Å². The van der Waals surface area contributed by atoms with E-state index in [0.29, 0.717) is 6.42 Å². The molecule has 1 atom stereocenters. The molecule has 0 saturated carbocycles. The van der Waals surface area contributed by atoms with E-state index >= 15 is 0 Å². The second-order valence-corrected chi connectivity index (χ2v) is 5.38. The molecule has 20 heavy (non-hydrogen) atoms. The number of phenols is 1. The van der Waals surface area contributed by atoms with E-state index in [-0.39, 0.29) is 23.6 Å². The van der Waals surface area contributed by atoms with Crippen LogP contribution in [0.3, 0.4) is 0 Å². The number of phenolic OH excluding ortho intramolecular Hbond substituents is 1. The molecule has 0 bridgehead atoms. The quantitative estimate of drug-likeness (QED) is 0.882. The van der Waals surface area contributed by atoms with Crippen molar-refractivity contribution < 1.29 is 9.90 Å². The molecule has 104 valence electrons. The molecular formula is C15H17N3O2. The van der Waals surface area contributed by atoms with Crippen molar-refractivity contribution in [3.05, 3.63) is 41.6 Å². The predicted octanol–water partition coefficient (Wildman–Crippen LogP) is 2.64. The smallest absolute Gasteiger partial charge is 0.226 e. The summed E-state index contributed by atoms with van der Waals surface area (Å²) in [6.07, 6.45) is 2.23. The third kappa shape index (κ3) is 2.05. The molecule has 2 N–H and O–H groups in total. The van der Waals surface area contributed by atoms with Gasteiger partial charge >= 0.3 is 0 Å². The van der Waals surface area contributed by atoms with Crippen LogP contribution in [0.5, 0.6) is 5.75 Å². The Morgan fingerprint density at radius 2 is 2.05 bits per heavy atom. The van der Waals surface area contributed by atoms with Crippen molar-refractivity contribution in [3.63, 3.8) is 0 Å². The Balaban J connectivity index is 2.06. The molecule has 5 nitrogen and oxygen atoms in total. The number of hydrogen-bond acceptors (Lipinski definition) is 3. The van der Waals surface area contributed by atoms with E-state index in [4.69, 9.17) is 0 Å². The lowest BCUT2D eigenvalue weighted by atomic mass is 9.87. The van der Waals surface area contributed by atoms with Crippen LogP contribution in [0.15, 0.2) is 30.5 Å². The molecule has 5 heteroatoms. The van der Waals surface area contributed by atoms with Gasteiger partial charge in [0, 0.05) is 23.9 Å². The van der Waals surface area contributed by atoms with Crippen molar-refractivity contribution in [2.45, 2.75) is 32.2 Å². The number of nitrogens with zero attached hydrogens (tertiary/aromatic N) is 2. The minimum atomic E-state index is -0.00755. The first-order chi connectivity index (χ1) is 9.56. The molecule has 1 aliphatic rings.